The summed E-state index contributed by atoms with van der Waals surface area (Å²) in [6.45, 7) is 7.61. The lowest BCUT2D eigenvalue weighted by molar-refractivity contribution is 0.236. The van der Waals surface area contributed by atoms with Crippen LogP contribution >= 0.6 is 41.0 Å². The highest BCUT2D eigenvalue weighted by molar-refractivity contribution is 9.10. The SMILES string of the molecule is Cc1nc([C@@H](C)c2cc(Cl)c(F)c(Br)c2OC(C)C)n2ccnc(N)c12.S. The van der Waals surface area contributed by atoms with Crippen LogP contribution in [-0.4, -0.2) is 20.5 Å². The first-order valence-corrected chi connectivity index (χ1v) is 9.32. The molecule has 0 fully saturated rings. The van der Waals surface area contributed by atoms with Crippen LogP contribution in [0.3, 0.4) is 0 Å². The van der Waals surface area contributed by atoms with Crippen LogP contribution in [0.5, 0.6) is 5.75 Å². The van der Waals surface area contributed by atoms with Gasteiger partial charge in [0.05, 0.1) is 21.3 Å². The van der Waals surface area contributed by atoms with Crippen molar-refractivity contribution in [2.45, 2.75) is 39.7 Å². The van der Waals surface area contributed by atoms with E-state index in [-0.39, 0.29) is 35.0 Å². The number of aryl methyl sites for hydroxylation is 1. The Balaban J connectivity index is 0.00000261. The van der Waals surface area contributed by atoms with Crippen LogP contribution in [-0.2, 0) is 0 Å². The van der Waals surface area contributed by atoms with Crippen LogP contribution in [0, 0.1) is 12.7 Å². The van der Waals surface area contributed by atoms with Crippen molar-refractivity contribution in [3.05, 3.63) is 50.9 Å². The number of fused-ring (bicyclic) bond motifs is 1. The van der Waals surface area contributed by atoms with Gasteiger partial charge in [-0.05, 0) is 42.8 Å². The zero-order chi connectivity index (χ0) is 19.2. The van der Waals surface area contributed by atoms with Crippen molar-refractivity contribution in [1.82, 2.24) is 14.4 Å². The maximum absolute atomic E-state index is 14.3. The quantitative estimate of drug-likeness (QED) is 0.525. The minimum Gasteiger partial charge on any atom is -0.489 e. The largest absolute Gasteiger partial charge is 0.489 e. The van der Waals surface area contributed by atoms with E-state index in [1.165, 1.54) is 0 Å². The van der Waals surface area contributed by atoms with Gasteiger partial charge in [-0.1, -0.05) is 18.5 Å². The summed E-state index contributed by atoms with van der Waals surface area (Å²) in [5.41, 5.74) is 8.27. The zero-order valence-electron chi connectivity index (χ0n) is 15.3. The highest BCUT2D eigenvalue weighted by atomic mass is 79.9. The first kappa shape index (κ1) is 21.8. The molecule has 0 bridgehead atoms. The Morgan fingerprint density at radius 1 is 1.33 bits per heavy atom. The van der Waals surface area contributed by atoms with E-state index in [0.717, 1.165) is 22.6 Å². The number of imidazole rings is 1. The second kappa shape index (κ2) is 8.24. The topological polar surface area (TPSA) is 65.4 Å². The third kappa shape index (κ3) is 3.88. The van der Waals surface area contributed by atoms with Crippen LogP contribution in [0.2, 0.25) is 5.02 Å². The van der Waals surface area contributed by atoms with Gasteiger partial charge >= 0.3 is 0 Å². The molecular formula is C18H21BrClFN4OS. The van der Waals surface area contributed by atoms with Gasteiger partial charge in [-0.2, -0.15) is 13.5 Å². The van der Waals surface area contributed by atoms with E-state index in [0.29, 0.717) is 11.6 Å². The first-order valence-electron chi connectivity index (χ1n) is 8.15. The fourth-order valence-electron chi connectivity index (χ4n) is 2.99. The van der Waals surface area contributed by atoms with Crippen molar-refractivity contribution in [1.29, 1.82) is 0 Å². The molecule has 2 heterocycles. The molecule has 3 rings (SSSR count). The number of hydrogen-bond acceptors (Lipinski definition) is 4. The molecule has 3 aromatic rings. The third-order valence-corrected chi connectivity index (χ3v) is 5.12. The Labute approximate surface area is 177 Å². The molecule has 0 saturated heterocycles. The Hall–Kier alpha value is -1.51. The summed E-state index contributed by atoms with van der Waals surface area (Å²) in [7, 11) is 0. The molecule has 0 amide bonds. The fraction of sp³-hybridized carbons (Fsp3) is 0.333. The molecule has 9 heteroatoms. The van der Waals surface area contributed by atoms with E-state index >= 15 is 0 Å². The second-order valence-corrected chi connectivity index (χ2v) is 7.58. The van der Waals surface area contributed by atoms with Gasteiger partial charge in [-0.25, -0.2) is 14.4 Å². The highest BCUT2D eigenvalue weighted by Crippen LogP contribution is 2.42. The Bertz CT molecular complexity index is 995. The monoisotopic (exact) mass is 474 g/mol. The van der Waals surface area contributed by atoms with E-state index in [4.69, 9.17) is 22.1 Å². The van der Waals surface area contributed by atoms with Gasteiger partial charge in [0.1, 0.15) is 22.9 Å². The number of nitrogens with zero attached hydrogens (tertiary/aromatic N) is 3. The first-order chi connectivity index (χ1) is 12.2. The summed E-state index contributed by atoms with van der Waals surface area (Å²) in [5, 5.41) is 0.0218. The van der Waals surface area contributed by atoms with Gasteiger partial charge in [0.2, 0.25) is 0 Å². The summed E-state index contributed by atoms with van der Waals surface area (Å²) in [4.78, 5) is 8.79. The van der Waals surface area contributed by atoms with Gasteiger partial charge in [0.15, 0.2) is 5.82 Å². The van der Waals surface area contributed by atoms with E-state index in [9.17, 15) is 4.39 Å². The van der Waals surface area contributed by atoms with E-state index in [2.05, 4.69) is 25.9 Å². The predicted molar refractivity (Wildman–Crippen MR) is 115 cm³/mol. The van der Waals surface area contributed by atoms with E-state index < -0.39 is 5.82 Å². The average molecular weight is 476 g/mol. The van der Waals surface area contributed by atoms with Crippen LogP contribution < -0.4 is 10.5 Å². The number of benzene rings is 1. The van der Waals surface area contributed by atoms with Crippen molar-refractivity contribution in [2.75, 3.05) is 5.73 Å². The smallest absolute Gasteiger partial charge is 0.159 e. The molecule has 5 nitrogen and oxygen atoms in total. The molecule has 0 aliphatic rings. The van der Waals surface area contributed by atoms with E-state index in [1.807, 2.05) is 32.1 Å². The minimum absolute atomic E-state index is 0. The molecule has 0 aliphatic carbocycles. The maximum Gasteiger partial charge on any atom is 0.159 e. The van der Waals surface area contributed by atoms with Crippen molar-refractivity contribution in [3.8, 4) is 5.75 Å². The molecule has 0 aliphatic heterocycles. The van der Waals surface area contributed by atoms with Crippen molar-refractivity contribution >= 4 is 52.4 Å². The molecule has 0 spiro atoms. The van der Waals surface area contributed by atoms with Crippen LogP contribution in [0.1, 0.15) is 43.8 Å². The van der Waals surface area contributed by atoms with Gasteiger partial charge in [0, 0.05) is 23.9 Å². The molecule has 2 aromatic heterocycles. The number of nitrogens with two attached hydrogens (primary N) is 1. The van der Waals surface area contributed by atoms with Gasteiger partial charge in [-0.3, -0.25) is 4.40 Å². The number of rotatable bonds is 4. The number of nitrogen functional groups attached to an aromatic ring is 1. The molecule has 0 saturated carbocycles. The molecule has 0 unspecified atom stereocenters. The van der Waals surface area contributed by atoms with Crippen LogP contribution in [0.4, 0.5) is 10.2 Å². The highest BCUT2D eigenvalue weighted by Gasteiger charge is 2.26. The summed E-state index contributed by atoms with van der Waals surface area (Å²) >= 11 is 9.37. The van der Waals surface area contributed by atoms with E-state index in [1.54, 1.807) is 18.5 Å². The molecule has 27 heavy (non-hydrogen) atoms. The minimum atomic E-state index is -0.545. The van der Waals surface area contributed by atoms with Gasteiger partial charge in [-0.15, -0.1) is 0 Å². The average Bonchev–Trinajstić information content (AvgIpc) is 2.92. The summed E-state index contributed by atoms with van der Waals surface area (Å²) in [6.07, 6.45) is 3.30. The standard InChI is InChI=1S/C18H19BrClFN4O.H2S/c1-8(2)26-16-11(7-12(20)14(21)13(16)19)9(3)18-24-10(4)15-17(22)23-5-6-25(15)18;/h5-9H,1-4H3,(H2,22,23);1H2/t9-;/m0./s1. The normalized spacial score (nSPS) is 12.3. The second-order valence-electron chi connectivity index (χ2n) is 6.38. The van der Waals surface area contributed by atoms with Gasteiger partial charge < -0.3 is 10.5 Å². The number of anilines is 1. The van der Waals surface area contributed by atoms with Crippen LogP contribution in [0.25, 0.3) is 5.52 Å². The zero-order valence-corrected chi connectivity index (χ0v) is 18.7. The lowest BCUT2D eigenvalue weighted by Crippen LogP contribution is -2.12. The number of ether oxygens (including phenoxy) is 1. The Morgan fingerprint density at radius 3 is 2.63 bits per heavy atom. The molecule has 0 radical (unpaired) electrons. The predicted octanol–water partition coefficient (Wildman–Crippen LogP) is 5.23. The molecule has 2 N–H and O–H groups in total. The lowest BCUT2D eigenvalue weighted by atomic mass is 9.99. The Morgan fingerprint density at radius 2 is 2.00 bits per heavy atom. The van der Waals surface area contributed by atoms with Crippen molar-refractivity contribution in [2.24, 2.45) is 0 Å². The summed E-state index contributed by atoms with van der Waals surface area (Å²) in [5.74, 6) is 0.811. The summed E-state index contributed by atoms with van der Waals surface area (Å²) in [6, 6.07) is 1.59. The molecule has 146 valence electrons. The van der Waals surface area contributed by atoms with Crippen molar-refractivity contribution in [3.63, 3.8) is 0 Å². The van der Waals surface area contributed by atoms with Gasteiger partial charge in [0.25, 0.3) is 0 Å². The number of hydrogen-bond donors (Lipinski definition) is 1. The molecular weight excluding hydrogens is 455 g/mol. The fourth-order valence-corrected chi connectivity index (χ4v) is 3.85. The van der Waals surface area contributed by atoms with Crippen molar-refractivity contribution < 1.29 is 9.13 Å². The third-order valence-electron chi connectivity index (χ3n) is 4.14. The lowest BCUT2D eigenvalue weighted by Gasteiger charge is -2.21. The summed E-state index contributed by atoms with van der Waals surface area (Å²) < 4.78 is 22.3. The number of aromatic nitrogens is 3. The van der Waals surface area contributed by atoms with Crippen LogP contribution in [0.15, 0.2) is 22.9 Å². The molecule has 1 aromatic carbocycles. The number of halogens is 3. The Kier molecular flexibility index (Phi) is 6.65. The maximum atomic E-state index is 14.3. The molecule has 1 atom stereocenters.